The number of aryl methyl sites for hydroxylation is 1. The monoisotopic (exact) mass is 630 g/mol. The normalized spacial score (nSPS) is 25.7. The van der Waals surface area contributed by atoms with E-state index in [1.807, 2.05) is 26.0 Å². The Bertz CT molecular complexity index is 1480. The van der Waals surface area contributed by atoms with E-state index in [9.17, 15) is 23.4 Å². The zero-order chi connectivity index (χ0) is 30.9. The van der Waals surface area contributed by atoms with Crippen LogP contribution in [0.25, 0.3) is 0 Å². The minimum absolute atomic E-state index is 0.0513. The van der Waals surface area contributed by atoms with Gasteiger partial charge in [-0.2, -0.15) is 0 Å². The lowest BCUT2D eigenvalue weighted by molar-refractivity contribution is 0.0455. The van der Waals surface area contributed by atoms with E-state index >= 15 is 0 Å². The van der Waals surface area contributed by atoms with Gasteiger partial charge in [-0.25, -0.2) is 18.4 Å². The Kier molecular flexibility index (Phi) is 9.47. The van der Waals surface area contributed by atoms with Gasteiger partial charge in [0.1, 0.15) is 5.75 Å². The number of anilines is 1. The van der Waals surface area contributed by atoms with Crippen LogP contribution in [0, 0.1) is 17.8 Å². The van der Waals surface area contributed by atoms with E-state index < -0.39 is 27.3 Å². The first-order valence-corrected chi connectivity index (χ1v) is 17.3. The minimum Gasteiger partial charge on any atom is -0.490 e. The number of allylic oxidation sites excluding steroid dienone is 1. The van der Waals surface area contributed by atoms with Gasteiger partial charge < -0.3 is 19.8 Å². The van der Waals surface area contributed by atoms with Gasteiger partial charge in [0.15, 0.2) is 0 Å². The number of aliphatic hydroxyl groups excluding tert-OH is 1. The number of carboxylic acids is 1. The lowest BCUT2D eigenvalue weighted by atomic mass is 9.68. The van der Waals surface area contributed by atoms with Crippen molar-refractivity contribution in [2.24, 2.45) is 22.9 Å². The van der Waals surface area contributed by atoms with Crippen LogP contribution in [-0.2, 0) is 21.9 Å². The maximum absolute atomic E-state index is 11.9. The first kappa shape index (κ1) is 31.8. The average Bonchev–Trinajstić information content (AvgIpc) is 3.07. The number of aromatic carboxylic acids is 1. The molecular formula is C33H43ClN2O6S. The third kappa shape index (κ3) is 6.75. The summed E-state index contributed by atoms with van der Waals surface area (Å²) in [7, 11) is -3.62. The first-order valence-electron chi connectivity index (χ1n) is 15.3. The summed E-state index contributed by atoms with van der Waals surface area (Å²) in [6.07, 6.45) is 8.77. The molecule has 10 heteroatoms. The van der Waals surface area contributed by atoms with Crippen molar-refractivity contribution in [1.29, 1.82) is 0 Å². The van der Waals surface area contributed by atoms with Gasteiger partial charge in [-0.05, 0) is 104 Å². The van der Waals surface area contributed by atoms with Crippen LogP contribution in [0.3, 0.4) is 0 Å². The number of halogens is 1. The molecule has 8 nitrogen and oxygen atoms in total. The Hall–Kier alpha value is -2.59. The van der Waals surface area contributed by atoms with Crippen molar-refractivity contribution in [2.45, 2.75) is 75.6 Å². The van der Waals surface area contributed by atoms with E-state index in [4.69, 9.17) is 21.5 Å². The van der Waals surface area contributed by atoms with E-state index in [-0.39, 0.29) is 28.7 Å². The fourth-order valence-corrected chi connectivity index (χ4v) is 8.90. The molecule has 2 aromatic rings. The third-order valence-corrected chi connectivity index (χ3v) is 11.8. The molecule has 2 aliphatic carbocycles. The number of carboxylic acid groups (broad SMARTS) is 1. The summed E-state index contributed by atoms with van der Waals surface area (Å²) in [5.41, 5.74) is 3.20. The molecule has 0 aromatic heterocycles. The van der Waals surface area contributed by atoms with E-state index in [1.54, 1.807) is 24.3 Å². The van der Waals surface area contributed by atoms with Gasteiger partial charge in [0.2, 0.25) is 10.0 Å². The van der Waals surface area contributed by atoms with Gasteiger partial charge in [-0.1, -0.05) is 43.7 Å². The quantitative estimate of drug-likeness (QED) is 0.294. The number of ether oxygens (including phenoxy) is 1. The van der Waals surface area contributed by atoms with Crippen molar-refractivity contribution in [1.82, 2.24) is 0 Å². The molecule has 3 unspecified atom stereocenters. The summed E-state index contributed by atoms with van der Waals surface area (Å²) in [6, 6.07) is 11.2. The fraction of sp³-hybridized carbons (Fsp3) is 0.545. The van der Waals surface area contributed by atoms with E-state index in [1.165, 1.54) is 11.1 Å². The molecule has 1 fully saturated rings. The molecule has 234 valence electrons. The number of hydrogen-bond donors (Lipinski definition) is 3. The molecule has 43 heavy (non-hydrogen) atoms. The van der Waals surface area contributed by atoms with Crippen molar-refractivity contribution in [2.75, 3.05) is 24.6 Å². The zero-order valence-electron chi connectivity index (χ0n) is 24.9. The number of primary sulfonamides is 1. The summed E-state index contributed by atoms with van der Waals surface area (Å²) < 4.78 is 30.3. The molecule has 3 aliphatic rings. The van der Waals surface area contributed by atoms with Gasteiger partial charge >= 0.3 is 5.97 Å². The van der Waals surface area contributed by atoms with Gasteiger partial charge in [-0.3, -0.25) is 0 Å². The molecule has 0 saturated heterocycles. The number of hydrogen-bond acceptors (Lipinski definition) is 6. The Morgan fingerprint density at radius 2 is 2.05 bits per heavy atom. The molecule has 6 atom stereocenters. The Morgan fingerprint density at radius 1 is 1.26 bits per heavy atom. The molecule has 0 amide bonds. The van der Waals surface area contributed by atoms with Crippen molar-refractivity contribution in [3.63, 3.8) is 0 Å². The highest BCUT2D eigenvalue weighted by molar-refractivity contribution is 7.89. The number of aliphatic hydroxyl groups is 1. The second kappa shape index (κ2) is 12.8. The predicted molar refractivity (Wildman–Crippen MR) is 170 cm³/mol. The second-order valence-electron chi connectivity index (χ2n) is 12.8. The van der Waals surface area contributed by atoms with E-state index in [0.29, 0.717) is 38.3 Å². The number of rotatable bonds is 10. The minimum atomic E-state index is -3.62. The highest BCUT2D eigenvalue weighted by Crippen LogP contribution is 2.46. The summed E-state index contributed by atoms with van der Waals surface area (Å²) >= 11 is 6.36. The van der Waals surface area contributed by atoms with Crippen LogP contribution < -0.4 is 14.8 Å². The molecule has 4 N–H and O–H groups in total. The summed E-state index contributed by atoms with van der Waals surface area (Å²) in [5.74, 6) is -0.204. The fourth-order valence-electron chi connectivity index (χ4n) is 7.49. The largest absolute Gasteiger partial charge is 0.490 e. The first-order chi connectivity index (χ1) is 20.4. The SMILES string of the molecule is CCC(C(C)C/C=C/C(O)[C@@H]1CC[C@H]1CN1C[C@@]2(CCCc3cc(Cl)ccc32)COc2ccc(C(=O)O)cc21)S(N)(=O)=O. The molecule has 1 saturated carbocycles. The average molecular weight is 631 g/mol. The van der Waals surface area contributed by atoms with Crippen molar-refractivity contribution < 1.29 is 28.2 Å². The number of fused-ring (bicyclic) bond motifs is 3. The lowest BCUT2D eigenvalue weighted by Crippen LogP contribution is -2.49. The standard InChI is InChI=1S/C33H43ClN2O6S/c1-3-31(43(35,40)41)21(2)6-4-8-29(37)26-12-9-24(26)18-36-19-33(15-5-7-22-16-25(34)11-13-27(22)33)20-42-30-14-10-23(32(38)39)17-28(30)36/h4,8,10-11,13-14,16-17,21,24,26,29,31,37H,3,5-7,9,12,15,18-20H2,1-2H3,(H,38,39)(H2,35,40,41)/b8-4+/t21?,24-,26+,29?,31?,33-/m0/s1. The second-order valence-corrected chi connectivity index (χ2v) is 15.0. The predicted octanol–water partition coefficient (Wildman–Crippen LogP) is 5.55. The molecular weight excluding hydrogens is 588 g/mol. The number of benzene rings is 2. The molecule has 1 spiro atoms. The topological polar surface area (TPSA) is 130 Å². The highest BCUT2D eigenvalue weighted by atomic mass is 35.5. The van der Waals surface area contributed by atoms with Crippen LogP contribution >= 0.6 is 11.6 Å². The molecule has 1 aliphatic heterocycles. The number of sulfonamides is 1. The number of carbonyl (C=O) groups is 1. The van der Waals surface area contributed by atoms with Gasteiger partial charge in [0.25, 0.3) is 0 Å². The Morgan fingerprint density at radius 3 is 2.72 bits per heavy atom. The zero-order valence-corrected chi connectivity index (χ0v) is 26.5. The highest BCUT2D eigenvalue weighted by Gasteiger charge is 2.44. The van der Waals surface area contributed by atoms with E-state index in [0.717, 1.165) is 42.8 Å². The smallest absolute Gasteiger partial charge is 0.335 e. The van der Waals surface area contributed by atoms with Crippen LogP contribution in [0.4, 0.5) is 5.69 Å². The maximum atomic E-state index is 11.9. The maximum Gasteiger partial charge on any atom is 0.335 e. The van der Waals surface area contributed by atoms with Crippen LogP contribution in [-0.4, -0.2) is 55.7 Å². The van der Waals surface area contributed by atoms with Crippen molar-refractivity contribution in [3.8, 4) is 5.75 Å². The van der Waals surface area contributed by atoms with E-state index in [2.05, 4.69) is 17.0 Å². The van der Waals surface area contributed by atoms with Crippen LogP contribution in [0.1, 0.15) is 73.9 Å². The van der Waals surface area contributed by atoms with Gasteiger partial charge in [0, 0.05) is 23.5 Å². The summed E-state index contributed by atoms with van der Waals surface area (Å²) in [4.78, 5) is 14.2. The Labute approximate surface area is 259 Å². The molecule has 0 bridgehead atoms. The van der Waals surface area contributed by atoms with Crippen LogP contribution in [0.15, 0.2) is 48.6 Å². The molecule has 2 aromatic carbocycles. The number of nitrogens with two attached hydrogens (primary N) is 1. The molecule has 1 heterocycles. The Balaban J connectivity index is 1.37. The van der Waals surface area contributed by atoms with Crippen molar-refractivity contribution >= 4 is 33.3 Å². The van der Waals surface area contributed by atoms with Gasteiger partial charge in [0.05, 0.1) is 29.2 Å². The van der Waals surface area contributed by atoms with Crippen LogP contribution in [0.2, 0.25) is 5.02 Å². The van der Waals surface area contributed by atoms with Crippen molar-refractivity contribution in [3.05, 3.63) is 70.3 Å². The van der Waals surface area contributed by atoms with Crippen LogP contribution in [0.5, 0.6) is 5.75 Å². The van der Waals surface area contributed by atoms with Gasteiger partial charge in [-0.15, -0.1) is 0 Å². The molecule has 5 rings (SSSR count). The molecule has 0 radical (unpaired) electrons. The summed E-state index contributed by atoms with van der Waals surface area (Å²) in [6.45, 7) is 5.53. The third-order valence-electron chi connectivity index (χ3n) is 9.95. The summed E-state index contributed by atoms with van der Waals surface area (Å²) in [5, 5.41) is 26.4. The lowest BCUT2D eigenvalue weighted by Gasteiger charge is -2.45. The number of nitrogens with zero attached hydrogens (tertiary/aromatic N) is 1.